The van der Waals surface area contributed by atoms with Gasteiger partial charge in [-0.15, -0.1) is 0 Å². The van der Waals surface area contributed by atoms with E-state index in [-0.39, 0.29) is 0 Å². The summed E-state index contributed by atoms with van der Waals surface area (Å²) in [6.45, 7) is 4.72. The summed E-state index contributed by atoms with van der Waals surface area (Å²) in [5.74, 6) is 0.824. The molecule has 2 nitrogen and oxygen atoms in total. The first kappa shape index (κ1) is 9.63. The molecule has 10 heavy (non-hydrogen) atoms. The quantitative estimate of drug-likeness (QED) is 0.626. The van der Waals surface area contributed by atoms with Gasteiger partial charge in [0, 0.05) is 6.42 Å². The van der Waals surface area contributed by atoms with Crippen LogP contribution in [0.2, 0.25) is 0 Å². The van der Waals surface area contributed by atoms with Gasteiger partial charge >= 0.3 is 0 Å². The molecule has 0 radical (unpaired) electrons. The molecule has 0 aliphatic carbocycles. The van der Waals surface area contributed by atoms with Gasteiger partial charge in [0.2, 0.25) is 0 Å². The molecule has 0 bridgehead atoms. The molecule has 1 N–H and O–H groups in total. The minimum Gasteiger partial charge on any atom is -0.319 e. The molecule has 0 spiro atoms. The lowest BCUT2D eigenvalue weighted by atomic mass is 10.0. The standard InChI is InChI=1S/C8H17NO/c1-4-8(6-9-3)5-7(2)10/h8-9H,4-6H2,1-3H3. The lowest BCUT2D eigenvalue weighted by molar-refractivity contribution is -0.117. The second-order valence-electron chi connectivity index (χ2n) is 2.74. The summed E-state index contributed by atoms with van der Waals surface area (Å²) in [4.78, 5) is 10.7. The van der Waals surface area contributed by atoms with Gasteiger partial charge in [0.1, 0.15) is 5.78 Å². The molecule has 0 aromatic carbocycles. The molecular formula is C8H17NO. The Morgan fingerprint density at radius 2 is 2.20 bits per heavy atom. The topological polar surface area (TPSA) is 29.1 Å². The molecule has 0 aliphatic heterocycles. The summed E-state index contributed by atoms with van der Waals surface area (Å²) in [6.07, 6.45) is 1.80. The Morgan fingerprint density at radius 1 is 1.60 bits per heavy atom. The van der Waals surface area contributed by atoms with Gasteiger partial charge in [0.15, 0.2) is 0 Å². The number of rotatable bonds is 5. The normalized spacial score (nSPS) is 13.1. The van der Waals surface area contributed by atoms with Crippen molar-refractivity contribution >= 4 is 5.78 Å². The lowest BCUT2D eigenvalue weighted by Crippen LogP contribution is -2.20. The van der Waals surface area contributed by atoms with Crippen LogP contribution in [0.5, 0.6) is 0 Å². The number of carbonyl (C=O) groups is 1. The van der Waals surface area contributed by atoms with Crippen molar-refractivity contribution in [1.82, 2.24) is 5.32 Å². The van der Waals surface area contributed by atoms with Crippen LogP contribution < -0.4 is 5.32 Å². The molecule has 1 atom stereocenters. The van der Waals surface area contributed by atoms with E-state index in [0.29, 0.717) is 11.7 Å². The third kappa shape index (κ3) is 4.50. The zero-order valence-electron chi connectivity index (χ0n) is 7.11. The molecule has 2 heteroatoms. The van der Waals surface area contributed by atoms with Gasteiger partial charge in [-0.05, 0) is 26.4 Å². The van der Waals surface area contributed by atoms with E-state index in [0.717, 1.165) is 19.4 Å². The molecule has 0 heterocycles. The fraction of sp³-hybridized carbons (Fsp3) is 0.875. The summed E-state index contributed by atoms with van der Waals surface area (Å²) in [7, 11) is 1.92. The Morgan fingerprint density at radius 3 is 2.50 bits per heavy atom. The van der Waals surface area contributed by atoms with Crippen molar-refractivity contribution in [3.63, 3.8) is 0 Å². The van der Waals surface area contributed by atoms with E-state index in [2.05, 4.69) is 12.2 Å². The first-order chi connectivity index (χ1) is 4.70. The highest BCUT2D eigenvalue weighted by Crippen LogP contribution is 2.06. The van der Waals surface area contributed by atoms with Crippen LogP contribution in [0.25, 0.3) is 0 Å². The molecule has 0 aromatic heterocycles. The highest BCUT2D eigenvalue weighted by Gasteiger charge is 2.06. The minimum atomic E-state index is 0.294. The van der Waals surface area contributed by atoms with Gasteiger partial charge in [0.25, 0.3) is 0 Å². The Labute approximate surface area is 63.0 Å². The van der Waals surface area contributed by atoms with Gasteiger partial charge in [-0.25, -0.2) is 0 Å². The highest BCUT2D eigenvalue weighted by molar-refractivity contribution is 5.75. The molecule has 0 rings (SSSR count). The molecule has 0 saturated heterocycles. The summed E-state index contributed by atoms with van der Waals surface area (Å²) in [6, 6.07) is 0. The largest absolute Gasteiger partial charge is 0.319 e. The highest BCUT2D eigenvalue weighted by atomic mass is 16.1. The summed E-state index contributed by atoms with van der Waals surface area (Å²) in [5.41, 5.74) is 0. The number of carbonyl (C=O) groups excluding carboxylic acids is 1. The second kappa shape index (κ2) is 5.42. The van der Waals surface area contributed by atoms with E-state index < -0.39 is 0 Å². The van der Waals surface area contributed by atoms with E-state index >= 15 is 0 Å². The predicted octanol–water partition coefficient (Wildman–Crippen LogP) is 1.21. The maximum absolute atomic E-state index is 10.7. The van der Waals surface area contributed by atoms with Crippen molar-refractivity contribution in [1.29, 1.82) is 0 Å². The SMILES string of the molecule is CCC(CNC)CC(C)=O. The van der Waals surface area contributed by atoms with Gasteiger partial charge in [-0.2, -0.15) is 0 Å². The Hall–Kier alpha value is -0.370. The summed E-state index contributed by atoms with van der Waals surface area (Å²) in [5, 5.41) is 3.07. The van der Waals surface area contributed by atoms with Gasteiger partial charge in [-0.3, -0.25) is 0 Å². The molecule has 0 saturated carbocycles. The van der Waals surface area contributed by atoms with Crippen LogP contribution in [0.3, 0.4) is 0 Å². The van der Waals surface area contributed by atoms with Crippen LogP contribution in [0.4, 0.5) is 0 Å². The van der Waals surface area contributed by atoms with Crippen LogP contribution in [0.15, 0.2) is 0 Å². The van der Waals surface area contributed by atoms with Crippen LogP contribution in [0.1, 0.15) is 26.7 Å². The van der Waals surface area contributed by atoms with Crippen molar-refractivity contribution in [2.75, 3.05) is 13.6 Å². The first-order valence-electron chi connectivity index (χ1n) is 3.84. The van der Waals surface area contributed by atoms with E-state index in [1.165, 1.54) is 0 Å². The first-order valence-corrected chi connectivity index (χ1v) is 3.84. The van der Waals surface area contributed by atoms with Crippen molar-refractivity contribution in [2.45, 2.75) is 26.7 Å². The molecule has 60 valence electrons. The fourth-order valence-electron chi connectivity index (χ4n) is 1.06. The van der Waals surface area contributed by atoms with Crippen LogP contribution in [0, 0.1) is 5.92 Å². The predicted molar refractivity (Wildman–Crippen MR) is 43.0 cm³/mol. The van der Waals surface area contributed by atoms with Crippen LogP contribution in [-0.4, -0.2) is 19.4 Å². The maximum atomic E-state index is 10.7. The molecule has 0 aliphatic rings. The van der Waals surface area contributed by atoms with E-state index in [1.807, 2.05) is 7.05 Å². The van der Waals surface area contributed by atoms with Gasteiger partial charge in [-0.1, -0.05) is 13.3 Å². The lowest BCUT2D eigenvalue weighted by Gasteiger charge is -2.10. The average Bonchev–Trinajstić information content (AvgIpc) is 1.86. The van der Waals surface area contributed by atoms with E-state index in [1.54, 1.807) is 6.92 Å². The molecular weight excluding hydrogens is 126 g/mol. The van der Waals surface area contributed by atoms with Crippen molar-refractivity contribution in [3.05, 3.63) is 0 Å². The summed E-state index contributed by atoms with van der Waals surface area (Å²) >= 11 is 0. The Balaban J connectivity index is 3.49. The molecule has 0 amide bonds. The number of hydrogen-bond donors (Lipinski definition) is 1. The zero-order chi connectivity index (χ0) is 7.98. The van der Waals surface area contributed by atoms with Crippen molar-refractivity contribution in [2.24, 2.45) is 5.92 Å². The van der Waals surface area contributed by atoms with Crippen LogP contribution >= 0.6 is 0 Å². The van der Waals surface area contributed by atoms with Gasteiger partial charge < -0.3 is 10.1 Å². The minimum absolute atomic E-state index is 0.294. The Kier molecular flexibility index (Phi) is 5.22. The monoisotopic (exact) mass is 143 g/mol. The molecule has 1 unspecified atom stereocenters. The maximum Gasteiger partial charge on any atom is 0.130 e. The number of hydrogen-bond acceptors (Lipinski definition) is 2. The number of ketones is 1. The smallest absolute Gasteiger partial charge is 0.130 e. The van der Waals surface area contributed by atoms with E-state index in [4.69, 9.17) is 0 Å². The molecule has 0 fully saturated rings. The number of Topliss-reactive ketones (excluding diaryl/α,β-unsaturated/α-hetero) is 1. The van der Waals surface area contributed by atoms with Gasteiger partial charge in [0.05, 0.1) is 0 Å². The Bertz CT molecular complexity index is 101. The zero-order valence-corrected chi connectivity index (χ0v) is 7.11. The molecule has 0 aromatic rings. The van der Waals surface area contributed by atoms with Crippen LogP contribution in [-0.2, 0) is 4.79 Å². The number of nitrogens with one attached hydrogen (secondary N) is 1. The third-order valence-electron chi connectivity index (χ3n) is 1.65. The van der Waals surface area contributed by atoms with Crippen molar-refractivity contribution < 1.29 is 4.79 Å². The van der Waals surface area contributed by atoms with Crippen molar-refractivity contribution in [3.8, 4) is 0 Å². The average molecular weight is 143 g/mol. The fourth-order valence-corrected chi connectivity index (χ4v) is 1.06. The van der Waals surface area contributed by atoms with E-state index in [9.17, 15) is 4.79 Å². The third-order valence-corrected chi connectivity index (χ3v) is 1.65. The second-order valence-corrected chi connectivity index (χ2v) is 2.74. The summed E-state index contributed by atoms with van der Waals surface area (Å²) < 4.78 is 0.